The van der Waals surface area contributed by atoms with Gasteiger partial charge in [-0.05, 0) is 29.9 Å². The molecular weight excluding hydrogens is 256 g/mol. The van der Waals surface area contributed by atoms with Gasteiger partial charge >= 0.3 is 0 Å². The fraction of sp³-hybridized carbons (Fsp3) is 0.526. The molecule has 112 valence electrons. The molecule has 1 aromatic heterocycles. The highest BCUT2D eigenvalue weighted by molar-refractivity contribution is 5.94. The number of aromatic nitrogens is 1. The number of pyridine rings is 1. The van der Waals surface area contributed by atoms with Crippen LogP contribution in [0, 0.1) is 0 Å². The van der Waals surface area contributed by atoms with Gasteiger partial charge in [0.1, 0.15) is 0 Å². The molecule has 3 rings (SSSR count). The first-order chi connectivity index (χ1) is 10.0. The fourth-order valence-electron chi connectivity index (χ4n) is 3.51. The molecule has 0 aliphatic heterocycles. The predicted octanol–water partition coefficient (Wildman–Crippen LogP) is 5.23. The molecule has 1 aromatic carbocycles. The summed E-state index contributed by atoms with van der Waals surface area (Å²) in [5, 5.41) is 4.61. The SMILES string of the molecule is CNc1cc(C2CCCC2)nc2c(C(C)(C)C)cccc12. The number of fused-ring (bicyclic) bond motifs is 1. The Labute approximate surface area is 128 Å². The van der Waals surface area contributed by atoms with Gasteiger partial charge in [0.15, 0.2) is 0 Å². The third-order valence-corrected chi connectivity index (χ3v) is 4.71. The van der Waals surface area contributed by atoms with Crippen molar-refractivity contribution in [3.05, 3.63) is 35.5 Å². The molecule has 0 bridgehead atoms. The van der Waals surface area contributed by atoms with Crippen LogP contribution in [0.1, 0.15) is 63.6 Å². The topological polar surface area (TPSA) is 24.9 Å². The Kier molecular flexibility index (Phi) is 3.64. The van der Waals surface area contributed by atoms with E-state index in [4.69, 9.17) is 4.98 Å². The van der Waals surface area contributed by atoms with E-state index in [1.807, 2.05) is 7.05 Å². The molecule has 1 aliphatic carbocycles. The molecule has 2 aromatic rings. The van der Waals surface area contributed by atoms with E-state index in [0.29, 0.717) is 5.92 Å². The van der Waals surface area contributed by atoms with Crippen LogP contribution in [0.15, 0.2) is 24.3 Å². The van der Waals surface area contributed by atoms with E-state index in [1.54, 1.807) is 0 Å². The number of hydrogen-bond donors (Lipinski definition) is 1. The summed E-state index contributed by atoms with van der Waals surface area (Å²) >= 11 is 0. The van der Waals surface area contributed by atoms with Gasteiger partial charge in [0.25, 0.3) is 0 Å². The Hall–Kier alpha value is -1.57. The van der Waals surface area contributed by atoms with E-state index in [2.05, 4.69) is 50.4 Å². The first kappa shape index (κ1) is 14.4. The van der Waals surface area contributed by atoms with E-state index in [1.165, 1.54) is 53.5 Å². The zero-order chi connectivity index (χ0) is 15.0. The molecule has 2 nitrogen and oxygen atoms in total. The predicted molar refractivity (Wildman–Crippen MR) is 91.2 cm³/mol. The number of nitrogens with one attached hydrogen (secondary N) is 1. The quantitative estimate of drug-likeness (QED) is 0.815. The van der Waals surface area contributed by atoms with E-state index in [9.17, 15) is 0 Å². The first-order valence-electron chi connectivity index (χ1n) is 8.12. The summed E-state index contributed by atoms with van der Waals surface area (Å²) in [5.74, 6) is 0.648. The lowest BCUT2D eigenvalue weighted by Gasteiger charge is -2.22. The monoisotopic (exact) mass is 282 g/mol. The van der Waals surface area contributed by atoms with Crippen LogP contribution in [0.3, 0.4) is 0 Å². The van der Waals surface area contributed by atoms with E-state index >= 15 is 0 Å². The smallest absolute Gasteiger partial charge is 0.0763 e. The minimum Gasteiger partial charge on any atom is -0.388 e. The Balaban J connectivity index is 2.24. The van der Waals surface area contributed by atoms with Crippen LogP contribution in [-0.2, 0) is 5.41 Å². The number of para-hydroxylation sites is 1. The molecule has 0 atom stereocenters. The molecule has 1 heterocycles. The summed E-state index contributed by atoms with van der Waals surface area (Å²) in [4.78, 5) is 5.09. The highest BCUT2D eigenvalue weighted by Gasteiger charge is 2.23. The summed E-state index contributed by atoms with van der Waals surface area (Å²) in [6.45, 7) is 6.81. The summed E-state index contributed by atoms with van der Waals surface area (Å²) in [7, 11) is 2.01. The van der Waals surface area contributed by atoms with E-state index in [-0.39, 0.29) is 5.41 Å². The van der Waals surface area contributed by atoms with Crippen molar-refractivity contribution in [1.82, 2.24) is 4.98 Å². The maximum Gasteiger partial charge on any atom is 0.0763 e. The molecule has 2 heteroatoms. The van der Waals surface area contributed by atoms with Crippen molar-refractivity contribution in [3.63, 3.8) is 0 Å². The molecule has 0 spiro atoms. The molecule has 1 fully saturated rings. The molecule has 1 aliphatic rings. The van der Waals surface area contributed by atoms with Crippen molar-refractivity contribution in [1.29, 1.82) is 0 Å². The summed E-state index contributed by atoms with van der Waals surface area (Å²) < 4.78 is 0. The number of anilines is 1. The van der Waals surface area contributed by atoms with Crippen LogP contribution >= 0.6 is 0 Å². The van der Waals surface area contributed by atoms with Crippen molar-refractivity contribution in [2.75, 3.05) is 12.4 Å². The van der Waals surface area contributed by atoms with Gasteiger partial charge in [-0.2, -0.15) is 0 Å². The second-order valence-electron chi connectivity index (χ2n) is 7.28. The molecule has 21 heavy (non-hydrogen) atoms. The van der Waals surface area contributed by atoms with Gasteiger partial charge in [0.05, 0.1) is 5.52 Å². The van der Waals surface area contributed by atoms with Crippen LogP contribution in [0.4, 0.5) is 5.69 Å². The molecule has 0 unspecified atom stereocenters. The molecule has 0 saturated heterocycles. The van der Waals surface area contributed by atoms with Gasteiger partial charge in [-0.25, -0.2) is 0 Å². The minimum atomic E-state index is 0.117. The molecule has 0 amide bonds. The molecule has 1 N–H and O–H groups in total. The largest absolute Gasteiger partial charge is 0.388 e. The van der Waals surface area contributed by atoms with Crippen molar-refractivity contribution in [2.45, 2.75) is 57.8 Å². The zero-order valence-corrected chi connectivity index (χ0v) is 13.7. The highest BCUT2D eigenvalue weighted by atomic mass is 14.8. The van der Waals surface area contributed by atoms with Gasteiger partial charge in [0, 0.05) is 29.7 Å². The molecule has 0 radical (unpaired) electrons. The number of benzene rings is 1. The van der Waals surface area contributed by atoms with Crippen molar-refractivity contribution < 1.29 is 0 Å². The van der Waals surface area contributed by atoms with Crippen LogP contribution in [0.2, 0.25) is 0 Å². The summed E-state index contributed by atoms with van der Waals surface area (Å²) in [6.07, 6.45) is 5.28. The third-order valence-electron chi connectivity index (χ3n) is 4.71. The Morgan fingerprint density at radius 2 is 1.86 bits per heavy atom. The second-order valence-corrected chi connectivity index (χ2v) is 7.28. The fourth-order valence-corrected chi connectivity index (χ4v) is 3.51. The van der Waals surface area contributed by atoms with E-state index < -0.39 is 0 Å². The zero-order valence-electron chi connectivity index (χ0n) is 13.7. The van der Waals surface area contributed by atoms with Crippen molar-refractivity contribution in [3.8, 4) is 0 Å². The summed E-state index contributed by atoms with van der Waals surface area (Å²) in [5.41, 5.74) is 5.13. The van der Waals surface area contributed by atoms with Crippen LogP contribution in [0.5, 0.6) is 0 Å². The van der Waals surface area contributed by atoms with Crippen LogP contribution in [-0.4, -0.2) is 12.0 Å². The molecular formula is C19H26N2. The maximum atomic E-state index is 5.09. The Bertz CT molecular complexity index is 646. The van der Waals surface area contributed by atoms with Crippen LogP contribution < -0.4 is 5.32 Å². The lowest BCUT2D eigenvalue weighted by Crippen LogP contribution is -2.13. The maximum absolute atomic E-state index is 5.09. The van der Waals surface area contributed by atoms with Gasteiger partial charge in [-0.3, -0.25) is 4.98 Å². The third kappa shape index (κ3) is 2.64. The number of rotatable bonds is 2. The average molecular weight is 282 g/mol. The first-order valence-corrected chi connectivity index (χ1v) is 8.12. The summed E-state index contributed by atoms with van der Waals surface area (Å²) in [6, 6.07) is 8.83. The highest BCUT2D eigenvalue weighted by Crippen LogP contribution is 2.38. The minimum absolute atomic E-state index is 0.117. The van der Waals surface area contributed by atoms with Crippen LogP contribution in [0.25, 0.3) is 10.9 Å². The standard InChI is InChI=1S/C19H26N2/c1-19(2,3)15-11-7-10-14-17(20-4)12-16(21-18(14)15)13-8-5-6-9-13/h7,10-13H,5-6,8-9H2,1-4H3,(H,20,21). The lowest BCUT2D eigenvalue weighted by molar-refractivity contribution is 0.594. The van der Waals surface area contributed by atoms with Gasteiger partial charge in [0.2, 0.25) is 0 Å². The lowest BCUT2D eigenvalue weighted by atomic mass is 9.85. The number of nitrogens with zero attached hydrogens (tertiary/aromatic N) is 1. The van der Waals surface area contributed by atoms with E-state index in [0.717, 1.165) is 0 Å². The van der Waals surface area contributed by atoms with Crippen molar-refractivity contribution >= 4 is 16.6 Å². The average Bonchev–Trinajstić information content (AvgIpc) is 2.98. The van der Waals surface area contributed by atoms with Gasteiger partial charge in [-0.1, -0.05) is 51.8 Å². The number of hydrogen-bond acceptors (Lipinski definition) is 2. The van der Waals surface area contributed by atoms with Gasteiger partial charge < -0.3 is 5.32 Å². The normalized spacial score (nSPS) is 16.6. The Morgan fingerprint density at radius 3 is 2.48 bits per heavy atom. The van der Waals surface area contributed by atoms with Crippen molar-refractivity contribution in [2.24, 2.45) is 0 Å². The second kappa shape index (κ2) is 5.32. The molecule has 1 saturated carbocycles. The van der Waals surface area contributed by atoms with Gasteiger partial charge in [-0.15, -0.1) is 0 Å². The Morgan fingerprint density at radius 1 is 1.14 bits per heavy atom.